The van der Waals surface area contributed by atoms with Crippen molar-refractivity contribution in [2.24, 2.45) is 0 Å². The second-order valence-electron chi connectivity index (χ2n) is 4.02. The third kappa shape index (κ3) is 4.16. The Labute approximate surface area is 127 Å². The maximum absolute atomic E-state index is 12.1. The van der Waals surface area contributed by atoms with Gasteiger partial charge in [0.15, 0.2) is 0 Å². The van der Waals surface area contributed by atoms with Crippen molar-refractivity contribution >= 4 is 27.5 Å². The number of benzene rings is 2. The number of aromatic hydroxyl groups is 1. The first kappa shape index (κ1) is 15.2. The molecule has 0 spiro atoms. The summed E-state index contributed by atoms with van der Waals surface area (Å²) in [5.41, 5.74) is 0.335. The van der Waals surface area contributed by atoms with E-state index in [1.807, 2.05) is 0 Å². The summed E-state index contributed by atoms with van der Waals surface area (Å²) in [6.07, 6.45) is 0. The second-order valence-corrected chi connectivity index (χ2v) is 4.94. The van der Waals surface area contributed by atoms with Gasteiger partial charge in [0.05, 0.1) is 5.56 Å². The molecule has 2 aromatic rings. The molecule has 0 heterocycles. The number of alkyl halides is 2. The zero-order valence-corrected chi connectivity index (χ0v) is 12.1. The molecule has 0 aliphatic heterocycles. The molecule has 2 rings (SSSR count). The third-order valence-electron chi connectivity index (χ3n) is 2.52. The fraction of sp³-hybridized carbons (Fsp3) is 0.0714. The molecule has 0 atom stereocenters. The van der Waals surface area contributed by atoms with Crippen LogP contribution in [0.25, 0.3) is 0 Å². The number of hydrogen-bond acceptors (Lipinski definition) is 3. The van der Waals surface area contributed by atoms with Crippen molar-refractivity contribution in [3.05, 3.63) is 52.5 Å². The van der Waals surface area contributed by atoms with Gasteiger partial charge in [0.25, 0.3) is 5.91 Å². The molecule has 0 aliphatic rings. The van der Waals surface area contributed by atoms with Crippen LogP contribution in [0, 0.1) is 0 Å². The van der Waals surface area contributed by atoms with E-state index in [4.69, 9.17) is 0 Å². The largest absolute Gasteiger partial charge is 0.507 e. The summed E-state index contributed by atoms with van der Waals surface area (Å²) in [5, 5.41) is 12.1. The van der Waals surface area contributed by atoms with Gasteiger partial charge in [-0.3, -0.25) is 4.79 Å². The summed E-state index contributed by atoms with van der Waals surface area (Å²) < 4.78 is 29.1. The van der Waals surface area contributed by atoms with Gasteiger partial charge in [-0.25, -0.2) is 0 Å². The van der Waals surface area contributed by atoms with E-state index in [0.29, 0.717) is 4.47 Å². The minimum Gasteiger partial charge on any atom is -0.507 e. The second kappa shape index (κ2) is 6.53. The highest BCUT2D eigenvalue weighted by Crippen LogP contribution is 2.24. The molecule has 1 amide bonds. The molecule has 110 valence electrons. The maximum atomic E-state index is 12.1. The van der Waals surface area contributed by atoms with Gasteiger partial charge in [0.1, 0.15) is 11.5 Å². The number of nitrogens with one attached hydrogen (secondary N) is 1. The van der Waals surface area contributed by atoms with E-state index in [1.54, 1.807) is 6.07 Å². The van der Waals surface area contributed by atoms with Gasteiger partial charge in [0.2, 0.25) is 0 Å². The van der Waals surface area contributed by atoms with Crippen LogP contribution in [0.2, 0.25) is 0 Å². The highest BCUT2D eigenvalue weighted by molar-refractivity contribution is 9.10. The Morgan fingerprint density at radius 1 is 1.24 bits per heavy atom. The lowest BCUT2D eigenvalue weighted by Crippen LogP contribution is -2.12. The van der Waals surface area contributed by atoms with Gasteiger partial charge < -0.3 is 15.2 Å². The van der Waals surface area contributed by atoms with Gasteiger partial charge >= 0.3 is 6.61 Å². The summed E-state index contributed by atoms with van der Waals surface area (Å²) in [5.74, 6) is -0.819. The quantitative estimate of drug-likeness (QED) is 0.868. The summed E-state index contributed by atoms with van der Waals surface area (Å²) in [6, 6.07) is 10.00. The topological polar surface area (TPSA) is 58.6 Å². The zero-order valence-electron chi connectivity index (χ0n) is 10.5. The highest BCUT2D eigenvalue weighted by atomic mass is 79.9. The SMILES string of the molecule is O=C(Nc1cccc(OC(F)F)c1)c1cc(Br)ccc1O. The van der Waals surface area contributed by atoms with E-state index >= 15 is 0 Å². The van der Waals surface area contributed by atoms with Crippen LogP contribution in [-0.4, -0.2) is 17.6 Å². The van der Waals surface area contributed by atoms with Gasteiger partial charge in [-0.1, -0.05) is 22.0 Å². The molecule has 0 aliphatic carbocycles. The predicted octanol–water partition coefficient (Wildman–Crippen LogP) is 4.01. The van der Waals surface area contributed by atoms with Crippen LogP contribution >= 0.6 is 15.9 Å². The number of phenolic OH excluding ortho intramolecular Hbond substituents is 1. The van der Waals surface area contributed by atoms with E-state index < -0.39 is 12.5 Å². The number of anilines is 1. The third-order valence-corrected chi connectivity index (χ3v) is 3.01. The monoisotopic (exact) mass is 357 g/mol. The zero-order chi connectivity index (χ0) is 15.4. The number of phenols is 1. The molecule has 21 heavy (non-hydrogen) atoms. The fourth-order valence-corrected chi connectivity index (χ4v) is 2.00. The number of halogens is 3. The van der Waals surface area contributed by atoms with Crippen molar-refractivity contribution < 1.29 is 23.4 Å². The number of ether oxygens (including phenoxy) is 1. The van der Waals surface area contributed by atoms with Gasteiger partial charge in [-0.15, -0.1) is 0 Å². The first-order chi connectivity index (χ1) is 9.95. The predicted molar refractivity (Wildman–Crippen MR) is 76.8 cm³/mol. The first-order valence-electron chi connectivity index (χ1n) is 5.80. The van der Waals surface area contributed by atoms with Crippen LogP contribution in [0.4, 0.5) is 14.5 Å². The summed E-state index contributed by atoms with van der Waals surface area (Å²) >= 11 is 3.19. The van der Waals surface area contributed by atoms with Crippen molar-refractivity contribution in [3.8, 4) is 11.5 Å². The molecule has 2 N–H and O–H groups in total. The molecule has 0 unspecified atom stereocenters. The number of hydrogen-bond donors (Lipinski definition) is 2. The molecule has 0 radical (unpaired) electrons. The number of carbonyl (C=O) groups is 1. The summed E-state index contributed by atoms with van der Waals surface area (Å²) in [4.78, 5) is 12.0. The molecule has 0 saturated heterocycles. The molecular formula is C14H10BrF2NO3. The average Bonchev–Trinajstić information content (AvgIpc) is 2.41. The maximum Gasteiger partial charge on any atom is 0.387 e. The van der Waals surface area contributed by atoms with E-state index in [2.05, 4.69) is 26.0 Å². The van der Waals surface area contributed by atoms with Crippen molar-refractivity contribution in [2.75, 3.05) is 5.32 Å². The van der Waals surface area contributed by atoms with Gasteiger partial charge in [-0.05, 0) is 30.3 Å². The fourth-order valence-electron chi connectivity index (χ4n) is 1.64. The van der Waals surface area contributed by atoms with E-state index in [1.165, 1.54) is 36.4 Å². The van der Waals surface area contributed by atoms with Crippen molar-refractivity contribution in [1.29, 1.82) is 0 Å². The normalized spacial score (nSPS) is 10.5. The molecular weight excluding hydrogens is 348 g/mol. The van der Waals surface area contributed by atoms with Crippen LogP contribution in [-0.2, 0) is 0 Å². The summed E-state index contributed by atoms with van der Waals surface area (Å²) in [7, 11) is 0. The Bertz CT molecular complexity index is 664. The Balaban J connectivity index is 2.17. The Morgan fingerprint density at radius 3 is 2.71 bits per heavy atom. The standard InChI is InChI=1S/C14H10BrF2NO3/c15-8-4-5-12(19)11(6-8)13(20)18-9-2-1-3-10(7-9)21-14(16)17/h1-7,14,19H,(H,18,20). The van der Waals surface area contributed by atoms with Gasteiger partial charge in [0, 0.05) is 16.2 Å². The number of carbonyl (C=O) groups excluding carboxylic acids is 1. The van der Waals surface area contributed by atoms with Crippen LogP contribution in [0.3, 0.4) is 0 Å². The van der Waals surface area contributed by atoms with E-state index in [9.17, 15) is 18.7 Å². The molecule has 4 nitrogen and oxygen atoms in total. The molecule has 0 bridgehead atoms. The lowest BCUT2D eigenvalue weighted by molar-refractivity contribution is -0.0497. The molecule has 0 fully saturated rings. The first-order valence-corrected chi connectivity index (χ1v) is 6.60. The van der Waals surface area contributed by atoms with Crippen LogP contribution < -0.4 is 10.1 Å². The average molecular weight is 358 g/mol. The number of rotatable bonds is 4. The van der Waals surface area contributed by atoms with Crippen molar-refractivity contribution in [2.45, 2.75) is 6.61 Å². The molecule has 2 aromatic carbocycles. The molecule has 0 aromatic heterocycles. The Morgan fingerprint density at radius 2 is 2.00 bits per heavy atom. The van der Waals surface area contributed by atoms with E-state index in [-0.39, 0.29) is 22.7 Å². The highest BCUT2D eigenvalue weighted by Gasteiger charge is 2.12. The summed E-state index contributed by atoms with van der Waals surface area (Å²) in [6.45, 7) is -2.94. The van der Waals surface area contributed by atoms with E-state index in [0.717, 1.165) is 0 Å². The molecule has 0 saturated carbocycles. The lowest BCUT2D eigenvalue weighted by Gasteiger charge is -2.09. The van der Waals surface area contributed by atoms with Gasteiger partial charge in [-0.2, -0.15) is 8.78 Å². The minimum atomic E-state index is -2.94. The minimum absolute atomic E-state index is 0.0598. The smallest absolute Gasteiger partial charge is 0.387 e. The van der Waals surface area contributed by atoms with Crippen molar-refractivity contribution in [3.63, 3.8) is 0 Å². The molecule has 7 heteroatoms. The Hall–Kier alpha value is -2.15. The van der Waals surface area contributed by atoms with Crippen LogP contribution in [0.15, 0.2) is 46.9 Å². The lowest BCUT2D eigenvalue weighted by atomic mass is 10.2. The Kier molecular flexibility index (Phi) is 4.74. The number of amides is 1. The van der Waals surface area contributed by atoms with Crippen LogP contribution in [0.1, 0.15) is 10.4 Å². The van der Waals surface area contributed by atoms with Crippen LogP contribution in [0.5, 0.6) is 11.5 Å². The van der Waals surface area contributed by atoms with Crippen molar-refractivity contribution in [1.82, 2.24) is 0 Å².